The van der Waals surface area contributed by atoms with E-state index in [9.17, 15) is 4.79 Å². The Labute approximate surface area is 118 Å². The van der Waals surface area contributed by atoms with Crippen molar-refractivity contribution in [1.82, 2.24) is 9.55 Å². The molecule has 2 rings (SSSR count). The van der Waals surface area contributed by atoms with E-state index in [0.717, 1.165) is 24.3 Å². The predicted molar refractivity (Wildman–Crippen MR) is 74.8 cm³/mol. The van der Waals surface area contributed by atoms with Crippen molar-refractivity contribution in [2.45, 2.75) is 12.8 Å². The molecule has 1 heterocycles. The molecule has 106 valence electrons. The van der Waals surface area contributed by atoms with Crippen molar-refractivity contribution < 1.29 is 14.3 Å². The number of hydrogen-bond acceptors (Lipinski definition) is 4. The zero-order chi connectivity index (χ0) is 14.4. The Kier molecular flexibility index (Phi) is 4.76. The Balaban J connectivity index is 1.75. The summed E-state index contributed by atoms with van der Waals surface area (Å²) >= 11 is 0. The Morgan fingerprint density at radius 3 is 2.65 bits per heavy atom. The van der Waals surface area contributed by atoms with Crippen molar-refractivity contribution in [2.24, 2.45) is 7.05 Å². The molecule has 0 N–H and O–H groups in total. The molecule has 0 saturated heterocycles. The van der Waals surface area contributed by atoms with E-state index in [1.165, 1.54) is 7.11 Å². The van der Waals surface area contributed by atoms with E-state index in [-0.39, 0.29) is 5.97 Å². The van der Waals surface area contributed by atoms with Crippen molar-refractivity contribution in [3.63, 3.8) is 0 Å². The van der Waals surface area contributed by atoms with Crippen LogP contribution >= 0.6 is 0 Å². The molecule has 0 amide bonds. The smallest absolute Gasteiger partial charge is 0.337 e. The average Bonchev–Trinajstić information content (AvgIpc) is 2.89. The van der Waals surface area contributed by atoms with Crippen LogP contribution < -0.4 is 4.74 Å². The number of rotatable bonds is 6. The second kappa shape index (κ2) is 6.75. The number of carbonyl (C=O) groups excluding carboxylic acids is 1. The minimum absolute atomic E-state index is 0.341. The van der Waals surface area contributed by atoms with Gasteiger partial charge in [-0.15, -0.1) is 0 Å². The van der Waals surface area contributed by atoms with E-state index in [0.29, 0.717) is 12.2 Å². The highest BCUT2D eigenvalue weighted by molar-refractivity contribution is 5.89. The van der Waals surface area contributed by atoms with Gasteiger partial charge in [0.2, 0.25) is 0 Å². The number of imidazole rings is 1. The molecule has 0 aliphatic heterocycles. The third-order valence-corrected chi connectivity index (χ3v) is 2.88. The van der Waals surface area contributed by atoms with E-state index in [4.69, 9.17) is 4.74 Å². The Hall–Kier alpha value is -2.30. The number of benzene rings is 1. The molecule has 1 aromatic heterocycles. The maximum atomic E-state index is 11.3. The van der Waals surface area contributed by atoms with Crippen LogP contribution in [0, 0.1) is 0 Å². The molecule has 20 heavy (non-hydrogen) atoms. The van der Waals surface area contributed by atoms with Crippen LogP contribution in [-0.2, 0) is 18.2 Å². The molecule has 1 aromatic carbocycles. The van der Waals surface area contributed by atoms with Gasteiger partial charge in [-0.25, -0.2) is 9.78 Å². The van der Waals surface area contributed by atoms with Gasteiger partial charge in [0.25, 0.3) is 0 Å². The van der Waals surface area contributed by atoms with Gasteiger partial charge < -0.3 is 14.0 Å². The number of methoxy groups -OCH3 is 1. The average molecular weight is 274 g/mol. The molecule has 0 bridgehead atoms. The fourth-order valence-corrected chi connectivity index (χ4v) is 1.84. The third-order valence-electron chi connectivity index (χ3n) is 2.88. The highest BCUT2D eigenvalue weighted by Crippen LogP contribution is 2.13. The molecule has 0 atom stereocenters. The second-order valence-corrected chi connectivity index (χ2v) is 4.50. The fraction of sp³-hybridized carbons (Fsp3) is 0.333. The molecule has 5 nitrogen and oxygen atoms in total. The summed E-state index contributed by atoms with van der Waals surface area (Å²) in [4.78, 5) is 15.5. The highest BCUT2D eigenvalue weighted by Gasteiger charge is 2.04. The zero-order valence-corrected chi connectivity index (χ0v) is 11.7. The summed E-state index contributed by atoms with van der Waals surface area (Å²) in [6, 6.07) is 6.93. The molecule has 0 fully saturated rings. The first-order valence-corrected chi connectivity index (χ1v) is 6.47. The monoisotopic (exact) mass is 274 g/mol. The summed E-state index contributed by atoms with van der Waals surface area (Å²) in [7, 11) is 3.32. The lowest BCUT2D eigenvalue weighted by atomic mass is 10.2. The molecule has 0 aliphatic rings. The normalized spacial score (nSPS) is 10.3. The number of aryl methyl sites for hydroxylation is 2. The highest BCUT2D eigenvalue weighted by atomic mass is 16.5. The van der Waals surface area contributed by atoms with Crippen molar-refractivity contribution in [1.29, 1.82) is 0 Å². The van der Waals surface area contributed by atoms with Crippen LogP contribution in [0.2, 0.25) is 0 Å². The fourth-order valence-electron chi connectivity index (χ4n) is 1.84. The number of carbonyl (C=O) groups is 1. The molecule has 0 unspecified atom stereocenters. The van der Waals surface area contributed by atoms with E-state index < -0.39 is 0 Å². The SMILES string of the molecule is COC(=O)c1ccc(OCCCc2cn(C)cn2)cc1. The molecule has 0 saturated carbocycles. The van der Waals surface area contributed by atoms with Crippen molar-refractivity contribution in [2.75, 3.05) is 13.7 Å². The third kappa shape index (κ3) is 3.85. The lowest BCUT2D eigenvalue weighted by molar-refractivity contribution is 0.0600. The molecule has 0 spiro atoms. The number of aromatic nitrogens is 2. The van der Waals surface area contributed by atoms with Crippen LogP contribution in [0.15, 0.2) is 36.8 Å². The lowest BCUT2D eigenvalue weighted by Crippen LogP contribution is -2.02. The summed E-state index contributed by atoms with van der Waals surface area (Å²) in [5.74, 6) is 0.408. The summed E-state index contributed by atoms with van der Waals surface area (Å²) < 4.78 is 12.2. The van der Waals surface area contributed by atoms with Crippen molar-refractivity contribution >= 4 is 5.97 Å². The van der Waals surface area contributed by atoms with Crippen LogP contribution in [0.3, 0.4) is 0 Å². The summed E-state index contributed by atoms with van der Waals surface area (Å²) in [6.07, 6.45) is 5.59. The first-order chi connectivity index (χ1) is 9.69. The van der Waals surface area contributed by atoms with E-state index >= 15 is 0 Å². The largest absolute Gasteiger partial charge is 0.494 e. The van der Waals surface area contributed by atoms with Crippen LogP contribution in [0.1, 0.15) is 22.5 Å². The Morgan fingerprint density at radius 2 is 2.05 bits per heavy atom. The van der Waals surface area contributed by atoms with Gasteiger partial charge >= 0.3 is 5.97 Å². The molecule has 2 aromatic rings. The molecule has 0 radical (unpaired) electrons. The first kappa shape index (κ1) is 14.1. The van der Waals surface area contributed by atoms with Gasteiger partial charge in [-0.05, 0) is 37.1 Å². The quantitative estimate of drug-likeness (QED) is 0.598. The summed E-state index contributed by atoms with van der Waals surface area (Å²) in [6.45, 7) is 0.619. The van der Waals surface area contributed by atoms with E-state index in [1.807, 2.05) is 17.8 Å². The number of hydrogen-bond donors (Lipinski definition) is 0. The Bertz CT molecular complexity index is 561. The summed E-state index contributed by atoms with van der Waals surface area (Å²) in [5, 5.41) is 0. The van der Waals surface area contributed by atoms with Gasteiger partial charge in [0.1, 0.15) is 5.75 Å². The molecule has 5 heteroatoms. The lowest BCUT2D eigenvalue weighted by Gasteiger charge is -2.06. The van der Waals surface area contributed by atoms with Gasteiger partial charge in [0.15, 0.2) is 0 Å². The minimum Gasteiger partial charge on any atom is -0.494 e. The molecular weight excluding hydrogens is 256 g/mol. The van der Waals surface area contributed by atoms with Crippen LogP contribution in [-0.4, -0.2) is 29.2 Å². The van der Waals surface area contributed by atoms with Crippen molar-refractivity contribution in [3.8, 4) is 5.75 Å². The molecule has 0 aliphatic carbocycles. The van der Waals surface area contributed by atoms with Gasteiger partial charge in [-0.2, -0.15) is 0 Å². The van der Waals surface area contributed by atoms with Gasteiger partial charge in [-0.1, -0.05) is 0 Å². The topological polar surface area (TPSA) is 53.4 Å². The first-order valence-electron chi connectivity index (χ1n) is 6.47. The van der Waals surface area contributed by atoms with E-state index in [2.05, 4.69) is 9.72 Å². The number of esters is 1. The maximum Gasteiger partial charge on any atom is 0.337 e. The standard InChI is InChI=1S/C15H18N2O3/c1-17-10-13(16-11-17)4-3-9-20-14-7-5-12(6-8-14)15(18)19-2/h5-8,10-11H,3-4,9H2,1-2H3. The predicted octanol–water partition coefficient (Wildman–Crippen LogP) is 2.22. The summed E-state index contributed by atoms with van der Waals surface area (Å²) in [5.41, 5.74) is 1.59. The van der Waals surface area contributed by atoms with Crippen LogP contribution in [0.5, 0.6) is 5.75 Å². The number of nitrogens with zero attached hydrogens (tertiary/aromatic N) is 2. The zero-order valence-electron chi connectivity index (χ0n) is 11.7. The van der Waals surface area contributed by atoms with Crippen molar-refractivity contribution in [3.05, 3.63) is 48.0 Å². The van der Waals surface area contributed by atoms with Gasteiger partial charge in [-0.3, -0.25) is 0 Å². The molecular formula is C15H18N2O3. The van der Waals surface area contributed by atoms with E-state index in [1.54, 1.807) is 30.6 Å². The van der Waals surface area contributed by atoms with Crippen LogP contribution in [0.4, 0.5) is 0 Å². The van der Waals surface area contributed by atoms with Crippen LogP contribution in [0.25, 0.3) is 0 Å². The maximum absolute atomic E-state index is 11.3. The van der Waals surface area contributed by atoms with Gasteiger partial charge in [0.05, 0.1) is 31.3 Å². The minimum atomic E-state index is -0.341. The Morgan fingerprint density at radius 1 is 1.30 bits per heavy atom. The second-order valence-electron chi connectivity index (χ2n) is 4.50. The van der Waals surface area contributed by atoms with Gasteiger partial charge in [0, 0.05) is 13.2 Å². The number of ether oxygens (including phenoxy) is 2.